The predicted octanol–water partition coefficient (Wildman–Crippen LogP) is 2.82. The molecule has 3 rings (SSSR count). The molecule has 3 fully saturated rings. The van der Waals surface area contributed by atoms with Gasteiger partial charge in [0.15, 0.2) is 5.79 Å². The summed E-state index contributed by atoms with van der Waals surface area (Å²) in [6.45, 7) is 8.76. The third kappa shape index (κ3) is 1.72. The van der Waals surface area contributed by atoms with E-state index in [1.54, 1.807) is 0 Å². The minimum atomic E-state index is -0.347. The molecule has 1 aliphatic heterocycles. The Labute approximate surface area is 92.3 Å². The molecule has 2 saturated carbocycles. The van der Waals surface area contributed by atoms with E-state index in [4.69, 9.17) is 9.47 Å². The number of ether oxygens (including phenoxy) is 2. The fourth-order valence-corrected chi connectivity index (χ4v) is 3.10. The summed E-state index contributed by atoms with van der Waals surface area (Å²) in [7, 11) is 0. The molecule has 0 spiro atoms. The first-order chi connectivity index (χ1) is 6.98. The van der Waals surface area contributed by atoms with Crippen LogP contribution in [0, 0.1) is 23.7 Å². The van der Waals surface area contributed by atoms with Crippen LogP contribution in [0.1, 0.15) is 40.5 Å². The highest BCUT2D eigenvalue weighted by atomic mass is 16.8. The van der Waals surface area contributed by atoms with Crippen LogP contribution in [0.5, 0.6) is 0 Å². The maximum Gasteiger partial charge on any atom is 0.163 e. The molecule has 2 heteroatoms. The zero-order valence-corrected chi connectivity index (χ0v) is 10.2. The van der Waals surface area contributed by atoms with E-state index in [1.807, 2.05) is 0 Å². The minimum absolute atomic E-state index is 0.347. The highest BCUT2D eigenvalue weighted by molar-refractivity contribution is 5.03. The van der Waals surface area contributed by atoms with Crippen LogP contribution in [0.4, 0.5) is 0 Å². The fourth-order valence-electron chi connectivity index (χ4n) is 3.10. The van der Waals surface area contributed by atoms with Gasteiger partial charge < -0.3 is 9.47 Å². The summed E-state index contributed by atoms with van der Waals surface area (Å²) < 4.78 is 12.2. The zero-order chi connectivity index (χ0) is 10.8. The van der Waals surface area contributed by atoms with Gasteiger partial charge in [-0.2, -0.15) is 0 Å². The van der Waals surface area contributed by atoms with Crippen LogP contribution in [0.3, 0.4) is 0 Å². The van der Waals surface area contributed by atoms with Crippen LogP contribution in [0.25, 0.3) is 0 Å². The van der Waals surface area contributed by atoms with E-state index < -0.39 is 0 Å². The predicted molar refractivity (Wildman–Crippen MR) is 58.4 cm³/mol. The van der Waals surface area contributed by atoms with E-state index >= 15 is 0 Å². The Morgan fingerprint density at radius 2 is 1.20 bits per heavy atom. The monoisotopic (exact) mass is 210 g/mol. The summed E-state index contributed by atoms with van der Waals surface area (Å²) in [5.41, 5.74) is 0. The third-order valence-electron chi connectivity index (χ3n) is 4.35. The summed E-state index contributed by atoms with van der Waals surface area (Å²) in [5.74, 6) is 2.89. The van der Waals surface area contributed by atoms with E-state index in [-0.39, 0.29) is 5.79 Å². The van der Waals surface area contributed by atoms with Crippen LogP contribution < -0.4 is 0 Å². The Hall–Kier alpha value is -0.0800. The SMILES string of the molecule is C[C@H]1C[C@@H]1[C@H]1OC(C)(C)O[C@@H]1[C@H]1C[C@@H]1C. The number of hydrogen-bond acceptors (Lipinski definition) is 2. The summed E-state index contributed by atoms with van der Waals surface area (Å²) >= 11 is 0. The molecule has 0 bridgehead atoms. The normalized spacial score (nSPS) is 56.8. The average Bonchev–Trinajstić information content (AvgIpc) is 2.97. The molecular formula is C13H22O2. The lowest BCUT2D eigenvalue weighted by atomic mass is 10.0. The van der Waals surface area contributed by atoms with Gasteiger partial charge in [-0.1, -0.05) is 13.8 Å². The van der Waals surface area contributed by atoms with Gasteiger partial charge in [-0.15, -0.1) is 0 Å². The largest absolute Gasteiger partial charge is 0.344 e. The molecule has 1 saturated heterocycles. The molecule has 86 valence electrons. The van der Waals surface area contributed by atoms with Crippen molar-refractivity contribution in [2.45, 2.75) is 58.5 Å². The molecule has 0 unspecified atom stereocenters. The van der Waals surface area contributed by atoms with Gasteiger partial charge >= 0.3 is 0 Å². The molecular weight excluding hydrogens is 188 g/mol. The molecule has 2 nitrogen and oxygen atoms in total. The van der Waals surface area contributed by atoms with E-state index in [1.165, 1.54) is 12.8 Å². The second-order valence-electron chi connectivity index (χ2n) is 6.32. The lowest BCUT2D eigenvalue weighted by Gasteiger charge is -2.16. The van der Waals surface area contributed by atoms with Gasteiger partial charge in [0.1, 0.15) is 0 Å². The summed E-state index contributed by atoms with van der Waals surface area (Å²) in [6.07, 6.45) is 3.43. The zero-order valence-electron chi connectivity index (χ0n) is 10.2. The molecule has 0 aromatic heterocycles. The average molecular weight is 210 g/mol. The van der Waals surface area contributed by atoms with Crippen LogP contribution in [0.2, 0.25) is 0 Å². The van der Waals surface area contributed by atoms with Gasteiger partial charge in [0.25, 0.3) is 0 Å². The Morgan fingerprint density at radius 1 is 0.867 bits per heavy atom. The first-order valence-electron chi connectivity index (χ1n) is 6.33. The van der Waals surface area contributed by atoms with Crippen LogP contribution in [0.15, 0.2) is 0 Å². The van der Waals surface area contributed by atoms with Crippen molar-refractivity contribution in [1.82, 2.24) is 0 Å². The molecule has 15 heavy (non-hydrogen) atoms. The van der Waals surface area contributed by atoms with Gasteiger partial charge in [0.05, 0.1) is 12.2 Å². The van der Waals surface area contributed by atoms with Gasteiger partial charge in [0, 0.05) is 0 Å². The Bertz CT molecular complexity index is 248. The highest BCUT2D eigenvalue weighted by Gasteiger charge is 2.57. The standard InChI is InChI=1S/C13H22O2/c1-7-5-9(7)11-12(10-6-8(10)2)15-13(3,4)14-11/h7-12H,5-6H2,1-4H3/t7-,8-,9-,10-,11+,12+/m0/s1. The molecule has 0 radical (unpaired) electrons. The molecule has 0 aromatic carbocycles. The first-order valence-corrected chi connectivity index (χ1v) is 6.33. The van der Waals surface area contributed by atoms with Gasteiger partial charge in [-0.05, 0) is 50.4 Å². The number of rotatable bonds is 2. The van der Waals surface area contributed by atoms with Crippen molar-refractivity contribution < 1.29 is 9.47 Å². The lowest BCUT2D eigenvalue weighted by Crippen LogP contribution is -2.27. The molecule has 0 aromatic rings. The van der Waals surface area contributed by atoms with Gasteiger partial charge in [-0.3, -0.25) is 0 Å². The summed E-state index contributed by atoms with van der Waals surface area (Å²) in [4.78, 5) is 0. The molecule has 0 amide bonds. The van der Waals surface area contributed by atoms with Crippen molar-refractivity contribution in [2.75, 3.05) is 0 Å². The quantitative estimate of drug-likeness (QED) is 0.697. The fraction of sp³-hybridized carbons (Fsp3) is 1.00. The Balaban J connectivity index is 1.73. The van der Waals surface area contributed by atoms with E-state index in [9.17, 15) is 0 Å². The molecule has 6 atom stereocenters. The molecule has 1 heterocycles. The smallest absolute Gasteiger partial charge is 0.163 e. The van der Waals surface area contributed by atoms with Crippen molar-refractivity contribution in [1.29, 1.82) is 0 Å². The summed E-state index contributed by atoms with van der Waals surface area (Å²) in [5, 5.41) is 0. The molecule has 0 N–H and O–H groups in total. The topological polar surface area (TPSA) is 18.5 Å². The van der Waals surface area contributed by atoms with Crippen molar-refractivity contribution in [3.63, 3.8) is 0 Å². The lowest BCUT2D eigenvalue weighted by molar-refractivity contribution is -0.149. The van der Waals surface area contributed by atoms with Crippen molar-refractivity contribution in [3.8, 4) is 0 Å². The Kier molecular flexibility index (Phi) is 2.01. The summed E-state index contributed by atoms with van der Waals surface area (Å²) in [6, 6.07) is 0. The Morgan fingerprint density at radius 3 is 1.47 bits per heavy atom. The van der Waals surface area contributed by atoms with E-state index in [2.05, 4.69) is 27.7 Å². The third-order valence-corrected chi connectivity index (χ3v) is 4.35. The maximum atomic E-state index is 6.08. The van der Waals surface area contributed by atoms with Crippen LogP contribution >= 0.6 is 0 Å². The van der Waals surface area contributed by atoms with Gasteiger partial charge in [-0.25, -0.2) is 0 Å². The second kappa shape index (κ2) is 2.98. The minimum Gasteiger partial charge on any atom is -0.344 e. The maximum absolute atomic E-state index is 6.08. The van der Waals surface area contributed by atoms with Crippen molar-refractivity contribution in [3.05, 3.63) is 0 Å². The van der Waals surface area contributed by atoms with Gasteiger partial charge in [0.2, 0.25) is 0 Å². The first kappa shape index (κ1) is 10.1. The highest BCUT2D eigenvalue weighted by Crippen LogP contribution is 2.54. The van der Waals surface area contributed by atoms with Crippen LogP contribution in [-0.4, -0.2) is 18.0 Å². The number of hydrogen-bond donors (Lipinski definition) is 0. The molecule has 2 aliphatic carbocycles. The second-order valence-corrected chi connectivity index (χ2v) is 6.32. The van der Waals surface area contributed by atoms with Crippen LogP contribution in [-0.2, 0) is 9.47 Å². The van der Waals surface area contributed by atoms with Crippen molar-refractivity contribution in [2.24, 2.45) is 23.7 Å². The molecule has 3 aliphatic rings. The van der Waals surface area contributed by atoms with E-state index in [0.717, 1.165) is 23.7 Å². The van der Waals surface area contributed by atoms with Crippen molar-refractivity contribution >= 4 is 0 Å². The van der Waals surface area contributed by atoms with E-state index in [0.29, 0.717) is 12.2 Å².